The molecule has 472 valence electrons. The molecule has 0 rings (SSSR count). The first-order valence-electron chi connectivity index (χ1n) is 35.2. The molecule has 0 amide bonds. The van der Waals surface area contributed by atoms with E-state index in [0.29, 0.717) is 19.3 Å². The monoisotopic (exact) mass is 1140 g/mol. The van der Waals surface area contributed by atoms with E-state index >= 15 is 0 Å². The number of hydrogen-bond donors (Lipinski definition) is 0. The van der Waals surface area contributed by atoms with E-state index < -0.39 is 6.10 Å². The zero-order valence-corrected chi connectivity index (χ0v) is 54.2. The van der Waals surface area contributed by atoms with Crippen LogP contribution < -0.4 is 0 Å². The second kappa shape index (κ2) is 69.8. The Hall–Kier alpha value is -3.67. The molecule has 6 heteroatoms. The van der Waals surface area contributed by atoms with Gasteiger partial charge in [0.05, 0.1) is 0 Å². The lowest BCUT2D eigenvalue weighted by Crippen LogP contribution is -2.30. The van der Waals surface area contributed by atoms with E-state index in [-0.39, 0.29) is 31.1 Å². The van der Waals surface area contributed by atoms with Crippen LogP contribution in [0.2, 0.25) is 0 Å². The highest BCUT2D eigenvalue weighted by Gasteiger charge is 2.19. The predicted molar refractivity (Wildman–Crippen MR) is 357 cm³/mol. The van der Waals surface area contributed by atoms with Gasteiger partial charge >= 0.3 is 17.9 Å². The highest BCUT2D eigenvalue weighted by Crippen LogP contribution is 2.18. The van der Waals surface area contributed by atoms with Crippen LogP contribution in [0.25, 0.3) is 0 Å². The summed E-state index contributed by atoms with van der Waals surface area (Å²) < 4.78 is 17.0. The minimum Gasteiger partial charge on any atom is -0.462 e. The number of allylic oxidation sites excluding steroid dienone is 16. The van der Waals surface area contributed by atoms with E-state index in [0.717, 1.165) is 116 Å². The van der Waals surface area contributed by atoms with Gasteiger partial charge in [-0.1, -0.05) is 330 Å². The first-order valence-corrected chi connectivity index (χ1v) is 35.2. The first kappa shape index (κ1) is 78.3. The van der Waals surface area contributed by atoms with E-state index in [9.17, 15) is 14.4 Å². The predicted octanol–water partition coefficient (Wildman–Crippen LogP) is 24.4. The standard InChI is InChI=1S/C76H132O6/c1-4-7-10-13-16-19-22-25-28-31-34-36-37-38-39-41-42-45-48-51-54-57-60-63-66-69-75(78)81-72-73(71-80-74(77)68-65-62-59-56-53-50-47-44-33-30-27-24-21-18-15-12-9-6-3)82-76(79)70-67-64-61-58-55-52-49-46-43-40-35-32-29-26-23-20-17-14-11-8-5-2/h7-8,10-11,16-17,19-20,25-26,28-29,34-36,40,73H,4-6,9,12-15,18,21-24,27,30-33,37-39,41-72H2,1-3H3/b10-7-,11-8-,19-16-,20-17-,28-25-,29-26-,36-34-,40-35-. The summed E-state index contributed by atoms with van der Waals surface area (Å²) in [6, 6.07) is 0. The van der Waals surface area contributed by atoms with Crippen LogP contribution in [0.5, 0.6) is 0 Å². The summed E-state index contributed by atoms with van der Waals surface area (Å²) in [6.45, 7) is 6.46. The van der Waals surface area contributed by atoms with Crippen LogP contribution in [0.1, 0.15) is 348 Å². The van der Waals surface area contributed by atoms with Crippen LogP contribution >= 0.6 is 0 Å². The molecule has 0 aromatic carbocycles. The number of esters is 3. The highest BCUT2D eigenvalue weighted by atomic mass is 16.6. The number of carbonyl (C=O) groups is 3. The van der Waals surface area contributed by atoms with Gasteiger partial charge in [0.2, 0.25) is 0 Å². The number of carbonyl (C=O) groups excluding carboxylic acids is 3. The van der Waals surface area contributed by atoms with Crippen molar-refractivity contribution in [3.8, 4) is 0 Å². The molecule has 0 fully saturated rings. The minimum absolute atomic E-state index is 0.0775. The molecule has 0 bridgehead atoms. The molecule has 0 aromatic heterocycles. The van der Waals surface area contributed by atoms with Crippen LogP contribution in [0, 0.1) is 0 Å². The summed E-state index contributed by atoms with van der Waals surface area (Å²) >= 11 is 0. The van der Waals surface area contributed by atoms with Crippen molar-refractivity contribution in [1.82, 2.24) is 0 Å². The van der Waals surface area contributed by atoms with Crippen molar-refractivity contribution >= 4 is 17.9 Å². The summed E-state index contributed by atoms with van der Waals surface area (Å²) in [5.74, 6) is -0.868. The zero-order chi connectivity index (χ0) is 59.2. The van der Waals surface area contributed by atoms with Gasteiger partial charge in [-0.15, -0.1) is 0 Å². The van der Waals surface area contributed by atoms with Gasteiger partial charge in [-0.25, -0.2) is 0 Å². The van der Waals surface area contributed by atoms with Crippen molar-refractivity contribution in [3.63, 3.8) is 0 Å². The fraction of sp³-hybridized carbons (Fsp3) is 0.750. The summed E-state index contributed by atoms with van der Waals surface area (Å²) in [7, 11) is 0. The fourth-order valence-electron chi connectivity index (χ4n) is 10.1. The van der Waals surface area contributed by atoms with Gasteiger partial charge in [-0.3, -0.25) is 14.4 Å². The van der Waals surface area contributed by atoms with Crippen molar-refractivity contribution in [3.05, 3.63) is 97.2 Å². The first-order chi connectivity index (χ1) is 40.5. The lowest BCUT2D eigenvalue weighted by Gasteiger charge is -2.18. The minimum atomic E-state index is -0.784. The van der Waals surface area contributed by atoms with Gasteiger partial charge in [0.15, 0.2) is 6.10 Å². The number of hydrogen-bond acceptors (Lipinski definition) is 6. The molecule has 0 aliphatic heterocycles. The largest absolute Gasteiger partial charge is 0.462 e. The smallest absolute Gasteiger partial charge is 0.306 e. The molecular formula is C76H132O6. The Kier molecular flexibility index (Phi) is 66.7. The van der Waals surface area contributed by atoms with Crippen molar-refractivity contribution in [2.45, 2.75) is 354 Å². The van der Waals surface area contributed by atoms with Crippen LogP contribution in [0.3, 0.4) is 0 Å². The van der Waals surface area contributed by atoms with Gasteiger partial charge in [-0.2, -0.15) is 0 Å². The summed E-state index contributed by atoms with van der Waals surface area (Å²) in [5, 5.41) is 0. The van der Waals surface area contributed by atoms with Crippen LogP contribution in [-0.4, -0.2) is 37.2 Å². The summed E-state index contributed by atoms with van der Waals surface area (Å²) in [5.41, 5.74) is 0. The molecule has 1 unspecified atom stereocenters. The lowest BCUT2D eigenvalue weighted by molar-refractivity contribution is -0.167. The van der Waals surface area contributed by atoms with E-state index in [1.54, 1.807) is 0 Å². The highest BCUT2D eigenvalue weighted by molar-refractivity contribution is 5.71. The van der Waals surface area contributed by atoms with Crippen LogP contribution in [0.15, 0.2) is 97.2 Å². The summed E-state index contributed by atoms with van der Waals surface area (Å²) in [4.78, 5) is 38.5. The number of rotatable bonds is 64. The van der Waals surface area contributed by atoms with Gasteiger partial charge in [0, 0.05) is 19.3 Å². The number of unbranched alkanes of at least 4 members (excludes halogenated alkanes) is 37. The Balaban J connectivity index is 4.36. The molecule has 0 saturated carbocycles. The maximum Gasteiger partial charge on any atom is 0.306 e. The molecule has 0 aliphatic rings. The Morgan fingerprint density at radius 3 is 0.744 bits per heavy atom. The van der Waals surface area contributed by atoms with Gasteiger partial charge in [-0.05, 0) is 96.3 Å². The Morgan fingerprint density at radius 1 is 0.256 bits per heavy atom. The van der Waals surface area contributed by atoms with E-state index in [1.165, 1.54) is 193 Å². The Morgan fingerprint density at radius 2 is 0.476 bits per heavy atom. The molecule has 0 saturated heterocycles. The molecule has 0 heterocycles. The molecule has 6 nitrogen and oxygen atoms in total. The second-order valence-electron chi connectivity index (χ2n) is 23.4. The van der Waals surface area contributed by atoms with E-state index in [4.69, 9.17) is 14.2 Å². The molecular weight excluding hydrogens is 1010 g/mol. The normalized spacial score (nSPS) is 12.7. The van der Waals surface area contributed by atoms with Gasteiger partial charge in [0.25, 0.3) is 0 Å². The quantitative estimate of drug-likeness (QED) is 0.0261. The van der Waals surface area contributed by atoms with E-state index in [1.807, 2.05) is 0 Å². The molecule has 0 N–H and O–H groups in total. The number of ether oxygens (including phenoxy) is 3. The van der Waals surface area contributed by atoms with Crippen molar-refractivity contribution in [2.24, 2.45) is 0 Å². The Bertz CT molecular complexity index is 1590. The molecule has 1 atom stereocenters. The molecule has 0 aliphatic carbocycles. The third-order valence-electron chi connectivity index (χ3n) is 15.3. The van der Waals surface area contributed by atoms with E-state index in [2.05, 4.69) is 118 Å². The topological polar surface area (TPSA) is 78.9 Å². The van der Waals surface area contributed by atoms with Crippen LogP contribution in [0.4, 0.5) is 0 Å². The average molecular weight is 1140 g/mol. The van der Waals surface area contributed by atoms with Gasteiger partial charge in [0.1, 0.15) is 13.2 Å². The lowest BCUT2D eigenvalue weighted by atomic mass is 10.0. The average Bonchev–Trinajstić information content (AvgIpc) is 3.47. The zero-order valence-electron chi connectivity index (χ0n) is 54.2. The SMILES string of the molecule is CC/C=C\C/C=C\C/C=C\C/C=C\CCCCCCCCCCCCCCC(=O)OCC(COC(=O)CCCCCCCCCCCCCCCCCCCC)OC(=O)CCCCCCCCCC/C=C\C/C=C\C/C=C\C/C=C\CC. The molecule has 82 heavy (non-hydrogen) atoms. The molecule has 0 spiro atoms. The second-order valence-corrected chi connectivity index (χ2v) is 23.4. The fourth-order valence-corrected chi connectivity index (χ4v) is 10.1. The maximum absolute atomic E-state index is 13.0. The van der Waals surface area contributed by atoms with Crippen LogP contribution in [-0.2, 0) is 28.6 Å². The third kappa shape index (κ3) is 67.1. The van der Waals surface area contributed by atoms with Crippen molar-refractivity contribution in [2.75, 3.05) is 13.2 Å². The maximum atomic E-state index is 13.0. The summed E-state index contributed by atoms with van der Waals surface area (Å²) in [6.07, 6.45) is 94.2. The van der Waals surface area contributed by atoms with Gasteiger partial charge < -0.3 is 14.2 Å². The molecule has 0 aromatic rings. The van der Waals surface area contributed by atoms with Crippen molar-refractivity contribution < 1.29 is 28.6 Å². The Labute approximate surface area is 508 Å². The van der Waals surface area contributed by atoms with Crippen molar-refractivity contribution in [1.29, 1.82) is 0 Å². The third-order valence-corrected chi connectivity index (χ3v) is 15.3. The molecule has 0 radical (unpaired) electrons.